The summed E-state index contributed by atoms with van der Waals surface area (Å²) < 4.78 is 7.31. The molecule has 7 nitrogen and oxygen atoms in total. The molecule has 0 aliphatic carbocycles. The Bertz CT molecular complexity index is 651. The number of likely N-dealkylation sites (tertiary alicyclic amines) is 1. The Kier molecular flexibility index (Phi) is 5.42. The molecule has 1 aromatic heterocycles. The summed E-state index contributed by atoms with van der Waals surface area (Å²) in [7, 11) is 0. The van der Waals surface area contributed by atoms with Gasteiger partial charge in [0.2, 0.25) is 5.91 Å². The molecule has 3 heterocycles. The van der Waals surface area contributed by atoms with Crippen molar-refractivity contribution in [2.24, 2.45) is 5.41 Å². The van der Waals surface area contributed by atoms with Crippen LogP contribution in [0, 0.1) is 19.3 Å². The number of imidazole rings is 1. The number of rotatable bonds is 4. The average Bonchev–Trinajstić information content (AvgIpc) is 2.90. The average molecular weight is 364 g/mol. The van der Waals surface area contributed by atoms with Crippen LogP contribution in [-0.2, 0) is 16.1 Å². The first kappa shape index (κ1) is 19.3. The van der Waals surface area contributed by atoms with Gasteiger partial charge in [-0.25, -0.2) is 4.98 Å². The fraction of sp³-hybridized carbons (Fsp3) is 0.789. The lowest BCUT2D eigenvalue weighted by Crippen LogP contribution is -2.63. The SMILES string of the molecule is Cc1ncn(CC(=O)N2CC[C@](O)(CN3CCOCC3)C(C)(C)C2)c1C. The molecule has 146 valence electrons. The number of nitrogens with zero attached hydrogens (tertiary/aromatic N) is 4. The summed E-state index contributed by atoms with van der Waals surface area (Å²) in [5.74, 6) is 0.0898. The van der Waals surface area contributed by atoms with Gasteiger partial charge in [-0.2, -0.15) is 0 Å². The summed E-state index contributed by atoms with van der Waals surface area (Å²) in [4.78, 5) is 21.2. The number of morpholine rings is 1. The van der Waals surface area contributed by atoms with Gasteiger partial charge >= 0.3 is 0 Å². The molecule has 1 atom stereocenters. The minimum atomic E-state index is -0.789. The number of carbonyl (C=O) groups excluding carboxylic acids is 1. The van der Waals surface area contributed by atoms with E-state index >= 15 is 0 Å². The minimum Gasteiger partial charge on any atom is -0.388 e. The molecule has 26 heavy (non-hydrogen) atoms. The second-order valence-corrected chi connectivity index (χ2v) is 8.41. The summed E-state index contributed by atoms with van der Waals surface area (Å²) in [6.07, 6.45) is 2.33. The van der Waals surface area contributed by atoms with Crippen molar-refractivity contribution >= 4 is 5.91 Å². The van der Waals surface area contributed by atoms with Gasteiger partial charge in [0, 0.05) is 43.8 Å². The first-order valence-electron chi connectivity index (χ1n) is 9.50. The van der Waals surface area contributed by atoms with Crippen LogP contribution in [0.2, 0.25) is 0 Å². The Morgan fingerprint density at radius 1 is 1.27 bits per heavy atom. The highest BCUT2D eigenvalue weighted by Crippen LogP contribution is 2.39. The van der Waals surface area contributed by atoms with Crippen LogP contribution in [0.5, 0.6) is 0 Å². The van der Waals surface area contributed by atoms with Crippen LogP contribution < -0.4 is 0 Å². The largest absolute Gasteiger partial charge is 0.388 e. The van der Waals surface area contributed by atoms with Gasteiger partial charge in [0.05, 0.1) is 30.8 Å². The Morgan fingerprint density at radius 3 is 2.54 bits per heavy atom. The first-order chi connectivity index (χ1) is 12.2. The lowest BCUT2D eigenvalue weighted by molar-refractivity contribution is -0.158. The third-order valence-corrected chi connectivity index (χ3v) is 6.23. The highest BCUT2D eigenvalue weighted by atomic mass is 16.5. The van der Waals surface area contributed by atoms with Crippen molar-refractivity contribution in [2.45, 2.75) is 46.3 Å². The predicted octanol–water partition coefficient (Wildman–Crippen LogP) is 0.822. The van der Waals surface area contributed by atoms with E-state index in [2.05, 4.69) is 23.7 Å². The molecule has 2 saturated heterocycles. The maximum Gasteiger partial charge on any atom is 0.242 e. The number of aromatic nitrogens is 2. The lowest BCUT2D eigenvalue weighted by atomic mass is 9.69. The fourth-order valence-electron chi connectivity index (χ4n) is 3.95. The zero-order valence-electron chi connectivity index (χ0n) is 16.5. The van der Waals surface area contributed by atoms with E-state index in [0.29, 0.717) is 32.6 Å². The second kappa shape index (κ2) is 7.29. The molecule has 3 rings (SSSR count). The molecule has 0 aromatic carbocycles. The van der Waals surface area contributed by atoms with Crippen LogP contribution in [0.4, 0.5) is 0 Å². The van der Waals surface area contributed by atoms with Gasteiger partial charge in [-0.1, -0.05) is 13.8 Å². The molecule has 2 fully saturated rings. The van der Waals surface area contributed by atoms with Gasteiger partial charge in [0.1, 0.15) is 6.54 Å². The summed E-state index contributed by atoms with van der Waals surface area (Å²) in [5, 5.41) is 11.4. The topological polar surface area (TPSA) is 70.8 Å². The van der Waals surface area contributed by atoms with Gasteiger partial charge in [-0.15, -0.1) is 0 Å². The Hall–Kier alpha value is -1.44. The lowest BCUT2D eigenvalue weighted by Gasteiger charge is -2.52. The summed E-state index contributed by atoms with van der Waals surface area (Å²) >= 11 is 0. The van der Waals surface area contributed by atoms with E-state index in [0.717, 1.165) is 37.7 Å². The highest BCUT2D eigenvalue weighted by molar-refractivity contribution is 5.76. The molecule has 1 aromatic rings. The quantitative estimate of drug-likeness (QED) is 0.857. The van der Waals surface area contributed by atoms with E-state index in [1.54, 1.807) is 6.33 Å². The Balaban J connectivity index is 1.63. The van der Waals surface area contributed by atoms with Gasteiger partial charge in [0.15, 0.2) is 0 Å². The number of amides is 1. The van der Waals surface area contributed by atoms with E-state index in [9.17, 15) is 9.90 Å². The summed E-state index contributed by atoms with van der Waals surface area (Å²) in [6, 6.07) is 0. The van der Waals surface area contributed by atoms with Gasteiger partial charge in [-0.3, -0.25) is 9.69 Å². The zero-order valence-corrected chi connectivity index (χ0v) is 16.5. The third kappa shape index (κ3) is 3.80. The van der Waals surface area contributed by atoms with Gasteiger partial charge in [0.25, 0.3) is 0 Å². The predicted molar refractivity (Wildman–Crippen MR) is 98.9 cm³/mol. The number of aryl methyl sites for hydroxylation is 1. The first-order valence-corrected chi connectivity index (χ1v) is 9.50. The van der Waals surface area contributed by atoms with Crippen LogP contribution >= 0.6 is 0 Å². The molecule has 0 unspecified atom stereocenters. The van der Waals surface area contributed by atoms with E-state index in [1.165, 1.54) is 0 Å². The third-order valence-electron chi connectivity index (χ3n) is 6.23. The van der Waals surface area contributed by atoms with Crippen LogP contribution in [0.3, 0.4) is 0 Å². The minimum absolute atomic E-state index is 0.0898. The van der Waals surface area contributed by atoms with Crippen molar-refractivity contribution in [1.82, 2.24) is 19.4 Å². The molecule has 2 aliphatic heterocycles. The maximum atomic E-state index is 12.8. The van der Waals surface area contributed by atoms with Crippen molar-refractivity contribution in [1.29, 1.82) is 0 Å². The van der Waals surface area contributed by atoms with Crippen molar-refractivity contribution < 1.29 is 14.6 Å². The number of ether oxygens (including phenoxy) is 1. The normalized spacial score (nSPS) is 26.9. The van der Waals surface area contributed by atoms with Crippen molar-refractivity contribution in [3.05, 3.63) is 17.7 Å². The molecule has 2 aliphatic rings. The molecule has 1 amide bonds. The van der Waals surface area contributed by atoms with E-state index < -0.39 is 5.60 Å². The summed E-state index contributed by atoms with van der Waals surface area (Å²) in [6.45, 7) is 13.4. The van der Waals surface area contributed by atoms with Crippen LogP contribution in [0.15, 0.2) is 6.33 Å². The number of β-amino-alcohol motifs (C(OH)–C–C–N with tert-alkyl or cyclic N) is 1. The molecular formula is C19H32N4O3. The smallest absolute Gasteiger partial charge is 0.242 e. The van der Waals surface area contributed by atoms with E-state index in [4.69, 9.17) is 4.74 Å². The molecule has 0 spiro atoms. The van der Waals surface area contributed by atoms with E-state index in [1.807, 2.05) is 23.3 Å². The Morgan fingerprint density at radius 2 is 1.96 bits per heavy atom. The molecular weight excluding hydrogens is 332 g/mol. The zero-order chi connectivity index (χ0) is 18.9. The molecule has 0 radical (unpaired) electrons. The van der Waals surface area contributed by atoms with Crippen LogP contribution in [0.1, 0.15) is 31.7 Å². The van der Waals surface area contributed by atoms with Crippen LogP contribution in [-0.4, -0.2) is 81.9 Å². The van der Waals surface area contributed by atoms with E-state index in [-0.39, 0.29) is 11.3 Å². The van der Waals surface area contributed by atoms with Crippen LogP contribution in [0.25, 0.3) is 0 Å². The monoisotopic (exact) mass is 364 g/mol. The van der Waals surface area contributed by atoms with Crippen molar-refractivity contribution in [2.75, 3.05) is 45.9 Å². The second-order valence-electron chi connectivity index (χ2n) is 8.41. The maximum absolute atomic E-state index is 12.8. The van der Waals surface area contributed by atoms with Gasteiger partial charge < -0.3 is 19.3 Å². The summed E-state index contributed by atoms with van der Waals surface area (Å²) in [5.41, 5.74) is 0.831. The fourth-order valence-corrected chi connectivity index (χ4v) is 3.95. The molecule has 7 heteroatoms. The number of hydrogen-bond donors (Lipinski definition) is 1. The molecule has 0 saturated carbocycles. The van der Waals surface area contributed by atoms with Gasteiger partial charge in [-0.05, 0) is 20.3 Å². The number of hydrogen-bond acceptors (Lipinski definition) is 5. The number of aliphatic hydroxyl groups is 1. The standard InChI is InChI=1S/C19H32N4O3/c1-15-16(2)23(14-20-15)11-17(24)22-6-5-19(25,18(3,4)12-22)13-21-7-9-26-10-8-21/h14,25H,5-13H2,1-4H3/t19-/m0/s1. The Labute approximate surface area is 155 Å². The highest BCUT2D eigenvalue weighted by Gasteiger charge is 2.49. The molecule has 0 bridgehead atoms. The van der Waals surface area contributed by atoms with Crippen molar-refractivity contribution in [3.8, 4) is 0 Å². The van der Waals surface area contributed by atoms with Crippen molar-refractivity contribution in [3.63, 3.8) is 0 Å². The number of piperidine rings is 1. The molecule has 1 N–H and O–H groups in total. The number of carbonyl (C=O) groups is 1.